The van der Waals surface area contributed by atoms with Gasteiger partial charge in [0.15, 0.2) is 0 Å². The molecule has 0 bridgehead atoms. The molecule has 1 aromatic heterocycles. The van der Waals surface area contributed by atoms with Gasteiger partial charge in [-0.1, -0.05) is 18.2 Å². The first-order chi connectivity index (χ1) is 12.1. The Labute approximate surface area is 147 Å². The summed E-state index contributed by atoms with van der Waals surface area (Å²) in [6.07, 6.45) is 4.78. The molecule has 0 radical (unpaired) electrons. The molecule has 5 heteroatoms. The highest BCUT2D eigenvalue weighted by atomic mass is 16.4. The van der Waals surface area contributed by atoms with Crippen molar-refractivity contribution in [1.29, 1.82) is 0 Å². The van der Waals surface area contributed by atoms with Gasteiger partial charge in [0.2, 0.25) is 5.91 Å². The monoisotopic (exact) mass is 338 g/mol. The van der Waals surface area contributed by atoms with E-state index in [0.717, 1.165) is 16.7 Å². The topological polar surface area (TPSA) is 70.5 Å². The summed E-state index contributed by atoms with van der Waals surface area (Å²) in [6, 6.07) is 12.0. The normalized spacial score (nSPS) is 19.1. The summed E-state index contributed by atoms with van der Waals surface area (Å²) in [5.74, 6) is -1.80. The number of carboxylic acid groups (broad SMARTS) is 1. The highest BCUT2D eigenvalue weighted by molar-refractivity contribution is 5.86. The van der Waals surface area contributed by atoms with Crippen molar-refractivity contribution in [2.75, 3.05) is 6.54 Å². The van der Waals surface area contributed by atoms with E-state index in [4.69, 9.17) is 0 Å². The summed E-state index contributed by atoms with van der Waals surface area (Å²) in [6.45, 7) is 3.00. The van der Waals surface area contributed by atoms with Crippen LogP contribution in [0.5, 0.6) is 0 Å². The first-order valence-corrected chi connectivity index (χ1v) is 8.61. The van der Waals surface area contributed by atoms with Crippen LogP contribution in [-0.4, -0.2) is 33.4 Å². The van der Waals surface area contributed by atoms with Crippen molar-refractivity contribution in [3.8, 4) is 11.1 Å². The molecule has 2 aromatic rings. The SMILES string of the molecule is CCN(Cc1cccc(-c2ccncc2)c1)C(=O)C1CCC1C(=O)O. The molecule has 1 aliphatic rings. The van der Waals surface area contributed by atoms with Crippen molar-refractivity contribution < 1.29 is 14.7 Å². The lowest BCUT2D eigenvalue weighted by Gasteiger charge is -2.36. The number of pyridine rings is 1. The standard InChI is InChI=1S/C20H22N2O3/c1-2-22(19(23)17-6-7-18(17)20(24)25)13-14-4-3-5-16(12-14)15-8-10-21-11-9-15/h3-5,8-12,17-18H,2,6-7,13H2,1H3,(H,24,25). The Balaban J connectivity index is 1.74. The minimum Gasteiger partial charge on any atom is -0.481 e. The van der Waals surface area contributed by atoms with Gasteiger partial charge in [0.1, 0.15) is 0 Å². The number of amides is 1. The Bertz CT molecular complexity index is 761. The maximum absolute atomic E-state index is 12.7. The van der Waals surface area contributed by atoms with Crippen molar-refractivity contribution in [2.24, 2.45) is 11.8 Å². The molecular formula is C20H22N2O3. The Kier molecular flexibility index (Phi) is 5.12. The van der Waals surface area contributed by atoms with E-state index in [0.29, 0.717) is 25.9 Å². The van der Waals surface area contributed by atoms with E-state index in [2.05, 4.69) is 11.1 Å². The second-order valence-corrected chi connectivity index (χ2v) is 6.42. The van der Waals surface area contributed by atoms with Crippen LogP contribution in [-0.2, 0) is 16.1 Å². The van der Waals surface area contributed by atoms with Crippen LogP contribution in [0.2, 0.25) is 0 Å². The van der Waals surface area contributed by atoms with Gasteiger partial charge in [-0.05, 0) is 54.7 Å². The number of carbonyl (C=O) groups is 2. The second-order valence-electron chi connectivity index (χ2n) is 6.42. The van der Waals surface area contributed by atoms with Crippen LogP contribution in [0.4, 0.5) is 0 Å². The molecule has 1 heterocycles. The van der Waals surface area contributed by atoms with Gasteiger partial charge in [-0.15, -0.1) is 0 Å². The zero-order valence-corrected chi connectivity index (χ0v) is 14.3. The number of nitrogens with zero attached hydrogens (tertiary/aromatic N) is 2. The molecule has 2 atom stereocenters. The molecule has 1 saturated carbocycles. The van der Waals surface area contributed by atoms with Crippen LogP contribution in [0, 0.1) is 11.8 Å². The van der Waals surface area contributed by atoms with E-state index < -0.39 is 11.9 Å². The number of benzene rings is 1. The summed E-state index contributed by atoms with van der Waals surface area (Å²) in [5.41, 5.74) is 3.20. The number of rotatable bonds is 6. The van der Waals surface area contributed by atoms with E-state index >= 15 is 0 Å². The highest BCUT2D eigenvalue weighted by Crippen LogP contribution is 2.36. The number of aliphatic carboxylic acids is 1. The van der Waals surface area contributed by atoms with E-state index in [9.17, 15) is 14.7 Å². The van der Waals surface area contributed by atoms with Gasteiger partial charge in [0, 0.05) is 25.5 Å². The first kappa shape index (κ1) is 17.1. The minimum atomic E-state index is -0.861. The average Bonchev–Trinajstić information content (AvgIpc) is 2.59. The summed E-state index contributed by atoms with van der Waals surface area (Å²) in [4.78, 5) is 29.7. The Morgan fingerprint density at radius 2 is 1.84 bits per heavy atom. The molecular weight excluding hydrogens is 316 g/mol. The number of hydrogen-bond acceptors (Lipinski definition) is 3. The largest absolute Gasteiger partial charge is 0.481 e. The molecule has 1 amide bonds. The molecule has 1 fully saturated rings. The molecule has 0 spiro atoms. The smallest absolute Gasteiger partial charge is 0.307 e. The summed E-state index contributed by atoms with van der Waals surface area (Å²) in [7, 11) is 0. The van der Waals surface area contributed by atoms with Crippen molar-refractivity contribution >= 4 is 11.9 Å². The average molecular weight is 338 g/mol. The van der Waals surface area contributed by atoms with Crippen LogP contribution in [0.3, 0.4) is 0 Å². The van der Waals surface area contributed by atoms with E-state index in [1.54, 1.807) is 17.3 Å². The third-order valence-electron chi connectivity index (χ3n) is 4.92. The lowest BCUT2D eigenvalue weighted by Crippen LogP contribution is -2.45. The van der Waals surface area contributed by atoms with Gasteiger partial charge in [-0.25, -0.2) is 0 Å². The van der Waals surface area contributed by atoms with Crippen LogP contribution in [0.15, 0.2) is 48.8 Å². The maximum Gasteiger partial charge on any atom is 0.307 e. The van der Waals surface area contributed by atoms with Gasteiger partial charge >= 0.3 is 5.97 Å². The molecule has 3 rings (SSSR count). The van der Waals surface area contributed by atoms with Crippen molar-refractivity contribution in [2.45, 2.75) is 26.3 Å². The molecule has 0 aliphatic heterocycles. The fraction of sp³-hybridized carbons (Fsp3) is 0.350. The van der Waals surface area contributed by atoms with Crippen LogP contribution in [0.25, 0.3) is 11.1 Å². The van der Waals surface area contributed by atoms with E-state index in [1.807, 2.05) is 37.3 Å². The number of aromatic nitrogens is 1. The van der Waals surface area contributed by atoms with Gasteiger partial charge in [-0.2, -0.15) is 0 Å². The quantitative estimate of drug-likeness (QED) is 0.878. The molecule has 1 aromatic carbocycles. The Morgan fingerprint density at radius 1 is 1.12 bits per heavy atom. The zero-order chi connectivity index (χ0) is 17.8. The van der Waals surface area contributed by atoms with Gasteiger partial charge < -0.3 is 10.0 Å². The van der Waals surface area contributed by atoms with Gasteiger partial charge in [0.25, 0.3) is 0 Å². The third kappa shape index (κ3) is 3.71. The molecule has 5 nitrogen and oxygen atoms in total. The van der Waals surface area contributed by atoms with E-state index in [-0.39, 0.29) is 11.8 Å². The molecule has 1 N–H and O–H groups in total. The van der Waals surface area contributed by atoms with Crippen LogP contribution in [0.1, 0.15) is 25.3 Å². The Morgan fingerprint density at radius 3 is 2.44 bits per heavy atom. The molecule has 25 heavy (non-hydrogen) atoms. The zero-order valence-electron chi connectivity index (χ0n) is 14.3. The first-order valence-electron chi connectivity index (χ1n) is 8.61. The molecule has 130 valence electrons. The van der Waals surface area contributed by atoms with E-state index in [1.165, 1.54) is 0 Å². The van der Waals surface area contributed by atoms with Crippen molar-refractivity contribution in [3.05, 3.63) is 54.4 Å². The summed E-state index contributed by atoms with van der Waals surface area (Å²) < 4.78 is 0. The number of carbonyl (C=O) groups excluding carboxylic acids is 1. The third-order valence-corrected chi connectivity index (χ3v) is 4.92. The predicted molar refractivity (Wildman–Crippen MR) is 94.6 cm³/mol. The fourth-order valence-electron chi connectivity index (χ4n) is 3.29. The molecule has 2 unspecified atom stereocenters. The molecule has 0 saturated heterocycles. The second kappa shape index (κ2) is 7.47. The van der Waals surface area contributed by atoms with Crippen LogP contribution < -0.4 is 0 Å². The van der Waals surface area contributed by atoms with Crippen molar-refractivity contribution in [1.82, 2.24) is 9.88 Å². The summed E-state index contributed by atoms with van der Waals surface area (Å²) in [5, 5.41) is 9.18. The molecule has 1 aliphatic carbocycles. The Hall–Kier alpha value is -2.69. The van der Waals surface area contributed by atoms with Crippen LogP contribution >= 0.6 is 0 Å². The minimum absolute atomic E-state index is 0.0459. The predicted octanol–water partition coefficient (Wildman–Crippen LogP) is 3.21. The lowest BCUT2D eigenvalue weighted by molar-refractivity contribution is -0.156. The lowest BCUT2D eigenvalue weighted by atomic mass is 9.73. The highest BCUT2D eigenvalue weighted by Gasteiger charge is 2.42. The fourth-order valence-corrected chi connectivity index (χ4v) is 3.29. The number of hydrogen-bond donors (Lipinski definition) is 1. The van der Waals surface area contributed by atoms with Gasteiger partial charge in [-0.3, -0.25) is 14.6 Å². The maximum atomic E-state index is 12.7. The summed E-state index contributed by atoms with van der Waals surface area (Å²) >= 11 is 0. The van der Waals surface area contributed by atoms with Gasteiger partial charge in [0.05, 0.1) is 11.8 Å². The number of carboxylic acids is 1. The van der Waals surface area contributed by atoms with Crippen molar-refractivity contribution in [3.63, 3.8) is 0 Å².